The lowest BCUT2D eigenvalue weighted by atomic mass is 10.0. The summed E-state index contributed by atoms with van der Waals surface area (Å²) in [7, 11) is 0. The van der Waals surface area contributed by atoms with Gasteiger partial charge in [-0.2, -0.15) is 0 Å². The van der Waals surface area contributed by atoms with Crippen LogP contribution in [0.1, 0.15) is 16.0 Å². The first-order chi connectivity index (χ1) is 8.06. The maximum atomic E-state index is 10.7. The van der Waals surface area contributed by atoms with Gasteiger partial charge >= 0.3 is 0 Å². The normalized spacial score (nSPS) is 10.5. The lowest BCUT2D eigenvalue weighted by Crippen LogP contribution is -1.94. The Hall–Kier alpha value is -1.20. The molecule has 5 heteroatoms. The predicted molar refractivity (Wildman–Crippen MR) is 72.7 cm³/mol. The summed E-state index contributed by atoms with van der Waals surface area (Å²) >= 11 is 5.06. The molecule has 0 saturated carbocycles. The van der Waals surface area contributed by atoms with Crippen LogP contribution in [-0.2, 0) is 6.42 Å². The molecule has 3 nitrogen and oxygen atoms in total. The summed E-state index contributed by atoms with van der Waals surface area (Å²) < 4.78 is 1.08. The SMILES string of the molecule is Cc1ccc([N+](=O)[O-])cc1Cc1ccc(Br)s1. The topological polar surface area (TPSA) is 43.1 Å². The molecule has 0 aliphatic carbocycles. The van der Waals surface area contributed by atoms with Gasteiger partial charge in [0.25, 0.3) is 5.69 Å². The van der Waals surface area contributed by atoms with Crippen LogP contribution in [0.4, 0.5) is 5.69 Å². The number of hydrogen-bond acceptors (Lipinski definition) is 3. The van der Waals surface area contributed by atoms with Crippen LogP contribution in [0.25, 0.3) is 0 Å². The van der Waals surface area contributed by atoms with Crippen LogP contribution in [0, 0.1) is 17.0 Å². The summed E-state index contributed by atoms with van der Waals surface area (Å²) in [5.74, 6) is 0. The van der Waals surface area contributed by atoms with Crippen LogP contribution in [0.15, 0.2) is 34.1 Å². The summed E-state index contributed by atoms with van der Waals surface area (Å²) in [6.07, 6.45) is 0.740. The third kappa shape index (κ3) is 2.92. The zero-order chi connectivity index (χ0) is 12.4. The lowest BCUT2D eigenvalue weighted by molar-refractivity contribution is -0.384. The second kappa shape index (κ2) is 4.98. The average Bonchev–Trinajstić information content (AvgIpc) is 2.67. The van der Waals surface area contributed by atoms with Crippen molar-refractivity contribution < 1.29 is 4.92 Å². The molecule has 0 atom stereocenters. The van der Waals surface area contributed by atoms with E-state index in [1.807, 2.05) is 19.1 Å². The average molecular weight is 312 g/mol. The molecule has 0 aliphatic heterocycles. The minimum absolute atomic E-state index is 0.154. The second-order valence-corrected chi connectivity index (χ2v) is 6.30. The smallest absolute Gasteiger partial charge is 0.258 e. The molecule has 0 bridgehead atoms. The Morgan fingerprint density at radius 2 is 2.12 bits per heavy atom. The zero-order valence-electron chi connectivity index (χ0n) is 9.14. The van der Waals surface area contributed by atoms with E-state index in [1.165, 1.54) is 4.88 Å². The van der Waals surface area contributed by atoms with Crippen molar-refractivity contribution in [2.45, 2.75) is 13.3 Å². The van der Waals surface area contributed by atoms with E-state index in [9.17, 15) is 10.1 Å². The van der Waals surface area contributed by atoms with Gasteiger partial charge < -0.3 is 0 Å². The molecule has 1 aromatic heterocycles. The fourth-order valence-corrected chi connectivity index (χ4v) is 3.10. The van der Waals surface area contributed by atoms with Crippen LogP contribution < -0.4 is 0 Å². The van der Waals surface area contributed by atoms with E-state index in [0.717, 1.165) is 21.3 Å². The molecule has 0 fully saturated rings. The largest absolute Gasteiger partial charge is 0.269 e. The van der Waals surface area contributed by atoms with Crippen molar-refractivity contribution in [2.75, 3.05) is 0 Å². The van der Waals surface area contributed by atoms with Crippen LogP contribution in [-0.4, -0.2) is 4.92 Å². The Labute approximate surface area is 111 Å². The molecule has 0 spiro atoms. The minimum Gasteiger partial charge on any atom is -0.258 e. The summed E-state index contributed by atoms with van der Waals surface area (Å²) in [4.78, 5) is 11.6. The van der Waals surface area contributed by atoms with E-state index in [-0.39, 0.29) is 10.6 Å². The van der Waals surface area contributed by atoms with Gasteiger partial charge in [-0.15, -0.1) is 11.3 Å². The second-order valence-electron chi connectivity index (χ2n) is 3.75. The predicted octanol–water partition coefficient (Wildman–Crippen LogP) is 4.32. The van der Waals surface area contributed by atoms with Crippen molar-refractivity contribution >= 4 is 33.0 Å². The number of thiophene rings is 1. The highest BCUT2D eigenvalue weighted by Crippen LogP contribution is 2.26. The Morgan fingerprint density at radius 1 is 1.35 bits per heavy atom. The van der Waals surface area contributed by atoms with Crippen LogP contribution >= 0.6 is 27.3 Å². The summed E-state index contributed by atoms with van der Waals surface area (Å²) in [6, 6.07) is 9.03. The Kier molecular flexibility index (Phi) is 3.59. The van der Waals surface area contributed by atoms with E-state index in [4.69, 9.17) is 0 Å². The van der Waals surface area contributed by atoms with Crippen LogP contribution in [0.5, 0.6) is 0 Å². The number of nitrogens with zero attached hydrogens (tertiary/aromatic N) is 1. The first kappa shape index (κ1) is 12.3. The molecule has 17 heavy (non-hydrogen) atoms. The maximum Gasteiger partial charge on any atom is 0.269 e. The van der Waals surface area contributed by atoms with Crippen LogP contribution in [0.3, 0.4) is 0 Å². The quantitative estimate of drug-likeness (QED) is 0.626. The Balaban J connectivity index is 2.31. The van der Waals surface area contributed by atoms with Gasteiger partial charge in [0.15, 0.2) is 0 Å². The standard InChI is InChI=1S/C12H10BrNO2S/c1-8-2-3-10(14(15)16)6-9(8)7-11-4-5-12(13)17-11/h2-6H,7H2,1H3. The molecular formula is C12H10BrNO2S. The number of nitro groups is 1. The van der Waals surface area contributed by atoms with E-state index in [2.05, 4.69) is 15.9 Å². The number of hydrogen-bond donors (Lipinski definition) is 0. The molecular weight excluding hydrogens is 302 g/mol. The first-order valence-corrected chi connectivity index (χ1v) is 6.65. The highest BCUT2D eigenvalue weighted by Gasteiger charge is 2.09. The number of aryl methyl sites for hydroxylation is 1. The van der Waals surface area contributed by atoms with Crippen molar-refractivity contribution in [3.63, 3.8) is 0 Å². The molecule has 0 aliphatic rings. The van der Waals surface area contributed by atoms with Crippen LogP contribution in [0.2, 0.25) is 0 Å². The fraction of sp³-hybridized carbons (Fsp3) is 0.167. The molecule has 0 radical (unpaired) electrons. The number of halogens is 1. The number of rotatable bonds is 3. The van der Waals surface area contributed by atoms with Gasteiger partial charge in [0.2, 0.25) is 0 Å². The van der Waals surface area contributed by atoms with Crippen molar-refractivity contribution in [3.05, 3.63) is 60.2 Å². The summed E-state index contributed by atoms with van der Waals surface area (Å²) in [5.41, 5.74) is 2.25. The molecule has 2 aromatic rings. The summed E-state index contributed by atoms with van der Waals surface area (Å²) in [5, 5.41) is 10.7. The minimum atomic E-state index is -0.354. The third-order valence-electron chi connectivity index (χ3n) is 2.54. The van der Waals surface area contributed by atoms with Crippen molar-refractivity contribution in [3.8, 4) is 0 Å². The maximum absolute atomic E-state index is 10.7. The number of benzene rings is 1. The molecule has 0 amide bonds. The van der Waals surface area contributed by atoms with Gasteiger partial charge in [-0.3, -0.25) is 10.1 Å². The fourth-order valence-electron chi connectivity index (χ4n) is 1.60. The molecule has 1 aromatic carbocycles. The van der Waals surface area contributed by atoms with E-state index in [0.29, 0.717) is 0 Å². The van der Waals surface area contributed by atoms with Crippen molar-refractivity contribution in [2.24, 2.45) is 0 Å². The highest BCUT2D eigenvalue weighted by atomic mass is 79.9. The van der Waals surface area contributed by atoms with Gasteiger partial charge in [-0.1, -0.05) is 6.07 Å². The van der Waals surface area contributed by atoms with Gasteiger partial charge in [-0.05, 0) is 46.1 Å². The molecule has 1 heterocycles. The van der Waals surface area contributed by atoms with Gasteiger partial charge in [0, 0.05) is 23.4 Å². The molecule has 88 valence electrons. The molecule has 0 unspecified atom stereocenters. The van der Waals surface area contributed by atoms with Gasteiger partial charge in [0.05, 0.1) is 8.71 Å². The molecule has 0 N–H and O–H groups in total. The van der Waals surface area contributed by atoms with Crippen molar-refractivity contribution in [1.29, 1.82) is 0 Å². The highest BCUT2D eigenvalue weighted by molar-refractivity contribution is 9.11. The first-order valence-electron chi connectivity index (χ1n) is 5.04. The molecule has 0 saturated heterocycles. The third-order valence-corrected chi connectivity index (χ3v) is 4.16. The van der Waals surface area contributed by atoms with E-state index >= 15 is 0 Å². The number of nitro benzene ring substituents is 1. The van der Waals surface area contributed by atoms with Gasteiger partial charge in [0.1, 0.15) is 0 Å². The summed E-state index contributed by atoms with van der Waals surface area (Å²) in [6.45, 7) is 1.97. The monoisotopic (exact) mass is 311 g/mol. The molecule has 2 rings (SSSR count). The number of non-ortho nitro benzene ring substituents is 1. The van der Waals surface area contributed by atoms with Crippen molar-refractivity contribution in [1.82, 2.24) is 0 Å². The van der Waals surface area contributed by atoms with Gasteiger partial charge in [-0.25, -0.2) is 0 Å². The van der Waals surface area contributed by atoms with E-state index < -0.39 is 0 Å². The Bertz CT molecular complexity index is 565. The lowest BCUT2D eigenvalue weighted by Gasteiger charge is -2.03. The zero-order valence-corrected chi connectivity index (χ0v) is 11.5. The van der Waals surface area contributed by atoms with E-state index in [1.54, 1.807) is 29.5 Å². The Morgan fingerprint density at radius 3 is 2.71 bits per heavy atom.